The molecule has 0 aromatic carbocycles. The number of nitrogens with zero attached hydrogens (tertiary/aromatic N) is 3. The molecule has 9 heteroatoms. The Morgan fingerprint density at radius 2 is 2.26 bits per heavy atom. The summed E-state index contributed by atoms with van der Waals surface area (Å²) in [6.45, 7) is 1.74. The minimum Gasteiger partial charge on any atom is -0.481 e. The topological polar surface area (TPSA) is 100 Å². The molecule has 1 aliphatic rings. The minimum absolute atomic E-state index is 0.0272. The fourth-order valence-corrected chi connectivity index (χ4v) is 3.40. The first-order valence-corrected chi connectivity index (χ1v) is 7.36. The lowest BCUT2D eigenvalue weighted by atomic mass is 10.4. The van der Waals surface area contributed by atoms with Gasteiger partial charge in [-0.3, -0.25) is 14.4 Å². The van der Waals surface area contributed by atoms with Gasteiger partial charge >= 0.3 is 5.97 Å². The van der Waals surface area contributed by atoms with Crippen LogP contribution in [0.25, 0.3) is 0 Å². The van der Waals surface area contributed by atoms with E-state index in [1.54, 1.807) is 6.92 Å². The van der Waals surface area contributed by atoms with Crippen LogP contribution in [-0.4, -0.2) is 44.1 Å². The molecule has 0 radical (unpaired) electrons. The molecule has 0 spiro atoms. The molecular formula is C10H11N3O4S2. The van der Waals surface area contributed by atoms with E-state index < -0.39 is 11.2 Å². The zero-order valence-corrected chi connectivity index (χ0v) is 11.7. The van der Waals surface area contributed by atoms with Crippen LogP contribution in [0.15, 0.2) is 0 Å². The summed E-state index contributed by atoms with van der Waals surface area (Å²) in [6, 6.07) is 0. The van der Waals surface area contributed by atoms with Crippen LogP contribution in [0.5, 0.6) is 0 Å². The second-order valence-corrected chi connectivity index (χ2v) is 6.35. The first-order valence-electron chi connectivity index (χ1n) is 5.49. The summed E-state index contributed by atoms with van der Waals surface area (Å²) in [5.41, 5.74) is 0. The van der Waals surface area contributed by atoms with Gasteiger partial charge < -0.3 is 5.11 Å². The van der Waals surface area contributed by atoms with Gasteiger partial charge in [0.15, 0.2) is 0 Å². The van der Waals surface area contributed by atoms with Crippen LogP contribution in [-0.2, 0) is 14.4 Å². The van der Waals surface area contributed by atoms with Crippen LogP contribution in [0.3, 0.4) is 0 Å². The zero-order valence-electron chi connectivity index (χ0n) is 10.0. The molecule has 1 aromatic rings. The maximum Gasteiger partial charge on any atom is 0.304 e. The van der Waals surface area contributed by atoms with Crippen LogP contribution in [0.1, 0.15) is 17.8 Å². The van der Waals surface area contributed by atoms with Gasteiger partial charge in [-0.1, -0.05) is 11.3 Å². The van der Waals surface area contributed by atoms with Gasteiger partial charge in [0.2, 0.25) is 16.9 Å². The quantitative estimate of drug-likeness (QED) is 0.798. The molecule has 1 unspecified atom stereocenters. The lowest BCUT2D eigenvalue weighted by molar-refractivity contribution is -0.136. The molecular weight excluding hydrogens is 290 g/mol. The first-order chi connectivity index (χ1) is 8.99. The highest BCUT2D eigenvalue weighted by atomic mass is 32.2. The van der Waals surface area contributed by atoms with Gasteiger partial charge in [-0.25, -0.2) is 4.90 Å². The number of hydrogen-bond acceptors (Lipinski definition) is 7. The highest BCUT2D eigenvalue weighted by Crippen LogP contribution is 2.31. The average molecular weight is 301 g/mol. The number of aromatic nitrogens is 2. The Hall–Kier alpha value is -1.48. The predicted molar refractivity (Wildman–Crippen MR) is 70.3 cm³/mol. The fraction of sp³-hybridized carbons (Fsp3) is 0.500. The fourth-order valence-electron chi connectivity index (χ4n) is 1.60. The molecule has 2 amide bonds. The van der Waals surface area contributed by atoms with Crippen LogP contribution >= 0.6 is 23.1 Å². The molecule has 0 aliphatic carbocycles. The van der Waals surface area contributed by atoms with Crippen LogP contribution in [0.2, 0.25) is 0 Å². The van der Waals surface area contributed by atoms with Crippen molar-refractivity contribution in [3.8, 4) is 0 Å². The molecule has 2 heterocycles. The Labute approximate surface area is 117 Å². The molecule has 1 atom stereocenters. The smallest absolute Gasteiger partial charge is 0.304 e. The van der Waals surface area contributed by atoms with Crippen molar-refractivity contribution in [1.29, 1.82) is 0 Å². The normalized spacial score (nSPS) is 19.2. The number of carbonyl (C=O) groups excluding carboxylic acids is 2. The second-order valence-electron chi connectivity index (χ2n) is 3.88. The third-order valence-electron chi connectivity index (χ3n) is 2.45. The number of carboxylic acids is 1. The van der Waals surface area contributed by atoms with E-state index in [1.807, 2.05) is 0 Å². The van der Waals surface area contributed by atoms with Gasteiger partial charge in [-0.05, 0) is 6.92 Å². The molecule has 0 saturated carbocycles. The number of aryl methyl sites for hydroxylation is 1. The maximum atomic E-state index is 12.1. The van der Waals surface area contributed by atoms with Gasteiger partial charge in [-0.15, -0.1) is 22.0 Å². The standard InChI is InChI=1S/C10H11N3O4S2/c1-5-11-12-10(19-5)13-7(14)4-6(9(13)17)18-3-2-8(15)16/h6H,2-4H2,1H3,(H,15,16). The lowest BCUT2D eigenvalue weighted by Gasteiger charge is -2.09. The van der Waals surface area contributed by atoms with Crippen molar-refractivity contribution >= 4 is 46.0 Å². The van der Waals surface area contributed by atoms with E-state index in [2.05, 4.69) is 10.2 Å². The van der Waals surface area contributed by atoms with E-state index in [0.717, 1.165) is 4.90 Å². The summed E-state index contributed by atoms with van der Waals surface area (Å²) in [7, 11) is 0. The average Bonchev–Trinajstić information content (AvgIpc) is 2.84. The molecule has 102 valence electrons. The number of imide groups is 1. The van der Waals surface area contributed by atoms with Crippen LogP contribution < -0.4 is 4.90 Å². The molecule has 1 fully saturated rings. The molecule has 2 rings (SSSR count). The number of aliphatic carboxylic acids is 1. The Bertz CT molecular complexity index is 531. The molecule has 1 aliphatic heterocycles. The number of hydrogen-bond donors (Lipinski definition) is 1. The second kappa shape index (κ2) is 5.66. The maximum absolute atomic E-state index is 12.1. The van der Waals surface area contributed by atoms with Gasteiger partial charge in [0, 0.05) is 12.2 Å². The minimum atomic E-state index is -0.916. The number of amides is 2. The van der Waals surface area contributed by atoms with Crippen molar-refractivity contribution in [2.45, 2.75) is 25.0 Å². The molecule has 19 heavy (non-hydrogen) atoms. The molecule has 0 bridgehead atoms. The third-order valence-corrected chi connectivity index (χ3v) is 4.48. The van der Waals surface area contributed by atoms with Crippen molar-refractivity contribution in [3.05, 3.63) is 5.01 Å². The van der Waals surface area contributed by atoms with E-state index >= 15 is 0 Å². The Kier molecular flexibility index (Phi) is 4.15. The van der Waals surface area contributed by atoms with Crippen LogP contribution in [0.4, 0.5) is 5.13 Å². The number of carbonyl (C=O) groups is 3. The van der Waals surface area contributed by atoms with Crippen LogP contribution in [0, 0.1) is 6.92 Å². The summed E-state index contributed by atoms with van der Waals surface area (Å²) in [5.74, 6) is -1.26. The zero-order chi connectivity index (χ0) is 14.0. The van der Waals surface area contributed by atoms with Gasteiger partial charge in [-0.2, -0.15) is 0 Å². The first kappa shape index (κ1) is 13.9. The molecule has 7 nitrogen and oxygen atoms in total. The van der Waals surface area contributed by atoms with Crippen molar-refractivity contribution in [3.63, 3.8) is 0 Å². The van der Waals surface area contributed by atoms with Crippen molar-refractivity contribution < 1.29 is 19.5 Å². The molecule has 1 saturated heterocycles. The number of carboxylic acid groups (broad SMARTS) is 1. The van der Waals surface area contributed by atoms with Crippen molar-refractivity contribution in [2.24, 2.45) is 0 Å². The van der Waals surface area contributed by atoms with Gasteiger partial charge in [0.1, 0.15) is 5.01 Å². The highest BCUT2D eigenvalue weighted by Gasteiger charge is 2.41. The molecule has 1 aromatic heterocycles. The number of thioether (sulfide) groups is 1. The third kappa shape index (κ3) is 3.10. The number of anilines is 1. The Morgan fingerprint density at radius 3 is 2.84 bits per heavy atom. The predicted octanol–water partition coefficient (Wildman–Crippen LogP) is 0.686. The summed E-state index contributed by atoms with van der Waals surface area (Å²) in [4.78, 5) is 35.4. The monoisotopic (exact) mass is 301 g/mol. The SMILES string of the molecule is Cc1nnc(N2C(=O)CC(SCCC(=O)O)C2=O)s1. The summed E-state index contributed by atoms with van der Waals surface area (Å²) >= 11 is 2.37. The van der Waals surface area contributed by atoms with E-state index in [1.165, 1.54) is 23.1 Å². The summed E-state index contributed by atoms with van der Waals surface area (Å²) < 4.78 is 0. The highest BCUT2D eigenvalue weighted by molar-refractivity contribution is 8.00. The summed E-state index contributed by atoms with van der Waals surface area (Å²) in [5, 5.41) is 16.6. The van der Waals surface area contributed by atoms with E-state index in [4.69, 9.17) is 5.11 Å². The van der Waals surface area contributed by atoms with Gasteiger partial charge in [0.25, 0.3) is 0 Å². The Balaban J connectivity index is 2.02. The van der Waals surface area contributed by atoms with E-state index in [0.29, 0.717) is 10.8 Å². The summed E-state index contributed by atoms with van der Waals surface area (Å²) in [6.07, 6.45) is 0.0578. The van der Waals surface area contributed by atoms with Crippen molar-refractivity contribution in [1.82, 2.24) is 10.2 Å². The largest absolute Gasteiger partial charge is 0.481 e. The van der Waals surface area contributed by atoms with Gasteiger partial charge in [0.05, 0.1) is 11.7 Å². The Morgan fingerprint density at radius 1 is 1.53 bits per heavy atom. The number of rotatable bonds is 5. The molecule has 1 N–H and O–H groups in total. The van der Waals surface area contributed by atoms with E-state index in [-0.39, 0.29) is 29.8 Å². The van der Waals surface area contributed by atoms with Crippen molar-refractivity contribution in [2.75, 3.05) is 10.7 Å². The lowest BCUT2D eigenvalue weighted by Crippen LogP contribution is -2.31. The van der Waals surface area contributed by atoms with E-state index in [9.17, 15) is 14.4 Å².